The van der Waals surface area contributed by atoms with Crippen molar-refractivity contribution in [2.45, 2.75) is 19.8 Å². The van der Waals surface area contributed by atoms with E-state index in [-0.39, 0.29) is 24.5 Å². The van der Waals surface area contributed by atoms with Crippen LogP contribution in [0.4, 0.5) is 5.69 Å². The van der Waals surface area contributed by atoms with Crippen molar-refractivity contribution in [3.63, 3.8) is 0 Å². The van der Waals surface area contributed by atoms with Crippen LogP contribution in [0.15, 0.2) is 59.4 Å². The molecule has 3 aromatic rings. The first-order valence-corrected chi connectivity index (χ1v) is 9.30. The molecule has 0 aliphatic heterocycles. The highest BCUT2D eigenvalue weighted by molar-refractivity contribution is 6.30. The number of amides is 1. The van der Waals surface area contributed by atoms with Crippen molar-refractivity contribution in [3.8, 4) is 17.1 Å². The van der Waals surface area contributed by atoms with E-state index >= 15 is 0 Å². The van der Waals surface area contributed by atoms with Gasteiger partial charge in [0.1, 0.15) is 11.6 Å². The molecule has 2 aromatic carbocycles. The second-order valence-corrected chi connectivity index (χ2v) is 6.56. The first-order valence-electron chi connectivity index (χ1n) is 8.92. The predicted molar refractivity (Wildman–Crippen MR) is 110 cm³/mol. The van der Waals surface area contributed by atoms with Gasteiger partial charge in [0.05, 0.1) is 13.0 Å². The Labute approximate surface area is 167 Å². The summed E-state index contributed by atoms with van der Waals surface area (Å²) in [6.07, 6.45) is 0.869. The standard InChI is InChI=1S/C21H20ClN3O3/c1-2-16-13-20(27)25-21(24-16)14-4-3-5-17(12-14)23-19(26)10-11-28-18-8-6-15(22)7-9-18/h3-9,12-13H,2,10-11H2,1H3,(H,23,26)(H,24,25,27). The average molecular weight is 398 g/mol. The van der Waals surface area contributed by atoms with Gasteiger partial charge in [0.15, 0.2) is 0 Å². The van der Waals surface area contributed by atoms with Crippen molar-refractivity contribution in [1.82, 2.24) is 9.97 Å². The number of H-pyrrole nitrogens is 1. The number of nitrogens with zero attached hydrogens (tertiary/aromatic N) is 1. The quantitative estimate of drug-likeness (QED) is 0.629. The van der Waals surface area contributed by atoms with E-state index in [2.05, 4.69) is 15.3 Å². The molecule has 0 spiro atoms. The van der Waals surface area contributed by atoms with E-state index in [1.165, 1.54) is 6.07 Å². The molecule has 0 fully saturated rings. The molecule has 2 N–H and O–H groups in total. The van der Waals surface area contributed by atoms with Crippen molar-refractivity contribution in [1.29, 1.82) is 0 Å². The summed E-state index contributed by atoms with van der Waals surface area (Å²) < 4.78 is 5.53. The van der Waals surface area contributed by atoms with Crippen molar-refractivity contribution < 1.29 is 9.53 Å². The molecular weight excluding hydrogens is 378 g/mol. The van der Waals surface area contributed by atoms with Gasteiger partial charge in [-0.1, -0.05) is 30.7 Å². The fourth-order valence-corrected chi connectivity index (χ4v) is 2.71. The Morgan fingerprint density at radius 3 is 2.71 bits per heavy atom. The molecule has 28 heavy (non-hydrogen) atoms. The number of aryl methyl sites for hydroxylation is 1. The number of hydrogen-bond acceptors (Lipinski definition) is 4. The van der Waals surface area contributed by atoms with E-state index in [4.69, 9.17) is 16.3 Å². The molecule has 0 bridgehead atoms. The van der Waals surface area contributed by atoms with Gasteiger partial charge in [-0.05, 0) is 42.8 Å². The molecule has 6 nitrogen and oxygen atoms in total. The van der Waals surface area contributed by atoms with Gasteiger partial charge in [0, 0.05) is 28.0 Å². The number of ether oxygens (including phenoxy) is 1. The third-order valence-electron chi connectivity index (χ3n) is 3.99. The van der Waals surface area contributed by atoms with E-state index < -0.39 is 0 Å². The minimum Gasteiger partial charge on any atom is -0.493 e. The number of benzene rings is 2. The van der Waals surface area contributed by atoms with Gasteiger partial charge >= 0.3 is 0 Å². The molecule has 0 unspecified atom stereocenters. The minimum absolute atomic E-state index is 0.171. The lowest BCUT2D eigenvalue weighted by Crippen LogP contribution is -2.15. The Bertz CT molecular complexity index is 1020. The Morgan fingerprint density at radius 1 is 1.18 bits per heavy atom. The lowest BCUT2D eigenvalue weighted by molar-refractivity contribution is -0.116. The van der Waals surface area contributed by atoms with Gasteiger partial charge in [-0.3, -0.25) is 9.59 Å². The molecule has 1 amide bonds. The van der Waals surface area contributed by atoms with Crippen LogP contribution in [-0.2, 0) is 11.2 Å². The number of halogens is 1. The van der Waals surface area contributed by atoms with Crippen LogP contribution in [0.5, 0.6) is 5.75 Å². The zero-order chi connectivity index (χ0) is 19.9. The summed E-state index contributed by atoms with van der Waals surface area (Å²) in [7, 11) is 0. The smallest absolute Gasteiger partial charge is 0.251 e. The van der Waals surface area contributed by atoms with Crippen molar-refractivity contribution >= 4 is 23.2 Å². The summed E-state index contributed by atoms with van der Waals surface area (Å²) in [6, 6.07) is 15.6. The van der Waals surface area contributed by atoms with E-state index in [1.54, 1.807) is 42.5 Å². The summed E-state index contributed by atoms with van der Waals surface area (Å²) in [5, 5.41) is 3.46. The average Bonchev–Trinajstić information content (AvgIpc) is 2.69. The highest BCUT2D eigenvalue weighted by Crippen LogP contribution is 2.19. The van der Waals surface area contributed by atoms with Crippen LogP contribution in [0, 0.1) is 0 Å². The van der Waals surface area contributed by atoms with E-state index in [1.807, 2.05) is 13.0 Å². The van der Waals surface area contributed by atoms with Crippen LogP contribution in [0.25, 0.3) is 11.4 Å². The molecular formula is C21H20ClN3O3. The van der Waals surface area contributed by atoms with Crippen LogP contribution >= 0.6 is 11.6 Å². The molecule has 0 saturated carbocycles. The summed E-state index contributed by atoms with van der Waals surface area (Å²) in [5.74, 6) is 0.964. The van der Waals surface area contributed by atoms with Gasteiger partial charge < -0.3 is 15.0 Å². The molecule has 0 aliphatic rings. The number of carbonyl (C=O) groups excluding carboxylic acids is 1. The Morgan fingerprint density at radius 2 is 1.96 bits per heavy atom. The van der Waals surface area contributed by atoms with Gasteiger partial charge in [-0.2, -0.15) is 0 Å². The molecule has 0 aliphatic carbocycles. The number of aromatic nitrogens is 2. The Hall–Kier alpha value is -3.12. The maximum absolute atomic E-state index is 12.2. The lowest BCUT2D eigenvalue weighted by atomic mass is 10.1. The number of carbonyl (C=O) groups is 1. The second-order valence-electron chi connectivity index (χ2n) is 6.12. The molecule has 0 atom stereocenters. The summed E-state index contributed by atoms with van der Waals surface area (Å²) in [5.41, 5.74) is 1.87. The number of aromatic amines is 1. The number of anilines is 1. The Kier molecular flexibility index (Phi) is 6.45. The van der Waals surface area contributed by atoms with Gasteiger partial charge in [0.2, 0.25) is 5.91 Å². The summed E-state index contributed by atoms with van der Waals surface area (Å²) >= 11 is 5.83. The van der Waals surface area contributed by atoms with E-state index in [0.717, 1.165) is 5.56 Å². The third kappa shape index (κ3) is 5.44. The fraction of sp³-hybridized carbons (Fsp3) is 0.190. The van der Waals surface area contributed by atoms with Crippen molar-refractivity contribution in [2.24, 2.45) is 0 Å². The minimum atomic E-state index is -0.198. The molecule has 3 rings (SSSR count). The van der Waals surface area contributed by atoms with Gasteiger partial charge in [-0.15, -0.1) is 0 Å². The normalized spacial score (nSPS) is 10.5. The van der Waals surface area contributed by atoms with Crippen LogP contribution in [0.3, 0.4) is 0 Å². The highest BCUT2D eigenvalue weighted by Gasteiger charge is 2.07. The monoisotopic (exact) mass is 397 g/mol. The second kappa shape index (κ2) is 9.19. The van der Waals surface area contributed by atoms with Gasteiger partial charge in [0.25, 0.3) is 5.56 Å². The van der Waals surface area contributed by atoms with Crippen LogP contribution in [0.1, 0.15) is 19.0 Å². The molecule has 144 valence electrons. The molecule has 0 radical (unpaired) electrons. The fourth-order valence-electron chi connectivity index (χ4n) is 2.59. The largest absolute Gasteiger partial charge is 0.493 e. The van der Waals surface area contributed by atoms with Crippen LogP contribution in [0.2, 0.25) is 5.02 Å². The first kappa shape index (κ1) is 19.6. The SMILES string of the molecule is CCc1cc(=O)[nH]c(-c2cccc(NC(=O)CCOc3ccc(Cl)cc3)c2)n1. The maximum Gasteiger partial charge on any atom is 0.251 e. The topological polar surface area (TPSA) is 84.1 Å². The first-order chi connectivity index (χ1) is 13.5. The van der Waals surface area contributed by atoms with Crippen LogP contribution in [-0.4, -0.2) is 22.5 Å². The van der Waals surface area contributed by atoms with E-state index in [9.17, 15) is 9.59 Å². The third-order valence-corrected chi connectivity index (χ3v) is 4.24. The molecule has 1 aromatic heterocycles. The van der Waals surface area contributed by atoms with Crippen molar-refractivity contribution in [2.75, 3.05) is 11.9 Å². The zero-order valence-corrected chi connectivity index (χ0v) is 16.1. The lowest BCUT2D eigenvalue weighted by Gasteiger charge is -2.09. The molecule has 1 heterocycles. The predicted octanol–water partition coefficient (Wildman–Crippen LogP) is 4.06. The number of nitrogens with one attached hydrogen (secondary N) is 2. The summed E-state index contributed by atoms with van der Waals surface area (Å²) in [6.45, 7) is 2.19. The van der Waals surface area contributed by atoms with E-state index in [0.29, 0.717) is 34.4 Å². The van der Waals surface area contributed by atoms with Crippen LogP contribution < -0.4 is 15.6 Å². The highest BCUT2D eigenvalue weighted by atomic mass is 35.5. The molecule has 0 saturated heterocycles. The number of hydrogen-bond donors (Lipinski definition) is 2. The van der Waals surface area contributed by atoms with Gasteiger partial charge in [-0.25, -0.2) is 4.98 Å². The zero-order valence-electron chi connectivity index (χ0n) is 15.4. The number of rotatable bonds is 7. The van der Waals surface area contributed by atoms with Crippen molar-refractivity contribution in [3.05, 3.63) is 75.7 Å². The summed E-state index contributed by atoms with van der Waals surface area (Å²) in [4.78, 5) is 31.1. The molecule has 7 heteroatoms. The maximum atomic E-state index is 12.2. The Balaban J connectivity index is 1.61.